The van der Waals surface area contributed by atoms with E-state index >= 15 is 0 Å². The first-order valence-electron chi connectivity index (χ1n) is 11.1. The van der Waals surface area contributed by atoms with Gasteiger partial charge in [0.2, 0.25) is 0 Å². The third kappa shape index (κ3) is 6.30. The number of carbonyl (C=O) groups is 1. The number of amides is 1. The lowest BCUT2D eigenvalue weighted by molar-refractivity contribution is -0.385. The van der Waals surface area contributed by atoms with Crippen LogP contribution < -0.4 is 14.9 Å². The molecule has 1 N–H and O–H groups in total. The highest BCUT2D eigenvalue weighted by molar-refractivity contribution is 9.10. The molecular formula is C25H19BrN4O7S. The molecule has 0 aliphatic carbocycles. The minimum absolute atomic E-state index is 0.0251. The molecule has 11 nitrogen and oxygen atoms in total. The predicted molar refractivity (Wildman–Crippen MR) is 146 cm³/mol. The van der Waals surface area contributed by atoms with Crippen molar-refractivity contribution in [2.75, 3.05) is 6.61 Å². The quantitative estimate of drug-likeness (QED) is 0.129. The zero-order valence-corrected chi connectivity index (χ0v) is 22.2. The van der Waals surface area contributed by atoms with Gasteiger partial charge >= 0.3 is 0 Å². The van der Waals surface area contributed by atoms with Crippen molar-refractivity contribution < 1.29 is 24.1 Å². The van der Waals surface area contributed by atoms with Gasteiger partial charge in [0.05, 0.1) is 27.5 Å². The second kappa shape index (κ2) is 11.8. The Morgan fingerprint density at radius 2 is 1.76 bits per heavy atom. The van der Waals surface area contributed by atoms with Gasteiger partial charge in [0, 0.05) is 44.4 Å². The summed E-state index contributed by atoms with van der Waals surface area (Å²) in [5, 5.41) is 26.6. The number of nitrogens with zero attached hydrogens (tertiary/aromatic N) is 3. The lowest BCUT2D eigenvalue weighted by Crippen LogP contribution is -2.16. The van der Waals surface area contributed by atoms with Crippen LogP contribution in [0.1, 0.15) is 27.7 Å². The van der Waals surface area contributed by atoms with Gasteiger partial charge in [-0.1, -0.05) is 12.1 Å². The van der Waals surface area contributed by atoms with Crippen LogP contribution in [-0.4, -0.2) is 28.6 Å². The molecule has 0 aliphatic rings. The summed E-state index contributed by atoms with van der Waals surface area (Å²) in [5.41, 5.74) is 3.61. The topological polar surface area (TPSA) is 146 Å². The normalized spacial score (nSPS) is 11.0. The van der Waals surface area contributed by atoms with Crippen LogP contribution in [0.15, 0.2) is 70.2 Å². The number of hydrogen-bond acceptors (Lipinski definition) is 9. The molecule has 1 aromatic heterocycles. The molecular weight excluding hydrogens is 580 g/mol. The number of halogens is 1. The fourth-order valence-electron chi connectivity index (χ4n) is 3.42. The van der Waals surface area contributed by atoms with Crippen molar-refractivity contribution in [1.29, 1.82) is 0 Å². The van der Waals surface area contributed by atoms with E-state index in [1.165, 1.54) is 41.8 Å². The van der Waals surface area contributed by atoms with Gasteiger partial charge in [-0.15, -0.1) is 11.3 Å². The van der Waals surface area contributed by atoms with E-state index in [0.717, 1.165) is 4.70 Å². The number of ether oxygens (including phenoxy) is 2. The Morgan fingerprint density at radius 1 is 1.03 bits per heavy atom. The summed E-state index contributed by atoms with van der Waals surface area (Å²) < 4.78 is 12.9. The number of hydrazone groups is 1. The number of hydrogen-bond donors (Lipinski definition) is 1. The van der Waals surface area contributed by atoms with Gasteiger partial charge in [0.15, 0.2) is 11.5 Å². The van der Waals surface area contributed by atoms with E-state index in [-0.39, 0.29) is 18.0 Å². The second-order valence-electron chi connectivity index (χ2n) is 7.76. The molecule has 13 heteroatoms. The molecule has 194 valence electrons. The lowest BCUT2D eigenvalue weighted by Gasteiger charge is -2.14. The smallest absolute Gasteiger partial charge is 0.281 e. The number of nitro groups is 2. The van der Waals surface area contributed by atoms with Gasteiger partial charge in [0.25, 0.3) is 17.3 Å². The number of nitro benzene ring substituents is 2. The van der Waals surface area contributed by atoms with E-state index in [1.54, 1.807) is 36.4 Å². The maximum atomic E-state index is 12.6. The maximum Gasteiger partial charge on any atom is 0.281 e. The van der Waals surface area contributed by atoms with Crippen molar-refractivity contribution in [1.82, 2.24) is 5.43 Å². The molecule has 1 amide bonds. The summed E-state index contributed by atoms with van der Waals surface area (Å²) in [6.45, 7) is 2.28. The van der Waals surface area contributed by atoms with Gasteiger partial charge in [-0.2, -0.15) is 5.10 Å². The van der Waals surface area contributed by atoms with E-state index in [1.807, 2.05) is 6.92 Å². The second-order valence-corrected chi connectivity index (χ2v) is 9.70. The summed E-state index contributed by atoms with van der Waals surface area (Å²) in [6, 6.07) is 15.5. The first kappa shape index (κ1) is 26.7. The van der Waals surface area contributed by atoms with Gasteiger partial charge in [-0.25, -0.2) is 5.43 Å². The summed E-state index contributed by atoms with van der Waals surface area (Å²) in [6.07, 6.45) is 1.44. The van der Waals surface area contributed by atoms with E-state index in [2.05, 4.69) is 26.5 Å². The van der Waals surface area contributed by atoms with Crippen molar-refractivity contribution in [2.45, 2.75) is 13.5 Å². The van der Waals surface area contributed by atoms with E-state index in [0.29, 0.717) is 44.0 Å². The summed E-state index contributed by atoms with van der Waals surface area (Å²) in [4.78, 5) is 34.0. The molecule has 0 aliphatic heterocycles. The Bertz CT molecular complexity index is 1570. The van der Waals surface area contributed by atoms with Crippen LogP contribution in [0, 0.1) is 20.2 Å². The van der Waals surface area contributed by atoms with Crippen LogP contribution in [0.25, 0.3) is 10.1 Å². The molecule has 0 spiro atoms. The summed E-state index contributed by atoms with van der Waals surface area (Å²) in [5.74, 6) is 0.397. The standard InChI is InChI=1S/C25H19BrN4O7S/c1-2-36-21-10-17(20(26)12-22(21)37-14-15-4-3-5-18(8-15)29(32)33)13-27-28-25(31)24-11-16-9-19(30(34)35)6-7-23(16)38-24/h3-13H,2,14H2,1H3,(H,28,31)/b27-13-. The number of rotatable bonds is 10. The molecule has 3 aromatic carbocycles. The van der Waals surface area contributed by atoms with Crippen molar-refractivity contribution in [2.24, 2.45) is 5.10 Å². The Balaban J connectivity index is 1.46. The molecule has 0 saturated heterocycles. The fraction of sp³-hybridized carbons (Fsp3) is 0.120. The highest BCUT2D eigenvalue weighted by atomic mass is 79.9. The van der Waals surface area contributed by atoms with Gasteiger partial charge in [-0.3, -0.25) is 25.0 Å². The van der Waals surface area contributed by atoms with Crippen molar-refractivity contribution in [3.05, 3.63) is 101 Å². The Morgan fingerprint density at radius 3 is 2.50 bits per heavy atom. The summed E-state index contributed by atoms with van der Waals surface area (Å²) >= 11 is 4.66. The predicted octanol–water partition coefficient (Wildman–Crippen LogP) is 6.22. The minimum atomic E-state index is -0.487. The van der Waals surface area contributed by atoms with Crippen LogP contribution in [0.2, 0.25) is 0 Å². The lowest BCUT2D eigenvalue weighted by atomic mass is 10.2. The van der Waals surface area contributed by atoms with Crippen molar-refractivity contribution in [3.8, 4) is 11.5 Å². The van der Waals surface area contributed by atoms with E-state index in [9.17, 15) is 25.0 Å². The molecule has 0 radical (unpaired) electrons. The number of fused-ring (bicyclic) bond motifs is 1. The number of thiophene rings is 1. The molecule has 0 fully saturated rings. The maximum absolute atomic E-state index is 12.6. The first-order valence-corrected chi connectivity index (χ1v) is 12.7. The van der Waals surface area contributed by atoms with Crippen LogP contribution in [-0.2, 0) is 6.61 Å². The Labute approximate surface area is 228 Å². The van der Waals surface area contributed by atoms with E-state index < -0.39 is 15.8 Å². The Kier molecular flexibility index (Phi) is 8.28. The van der Waals surface area contributed by atoms with Crippen LogP contribution >= 0.6 is 27.3 Å². The molecule has 1 heterocycles. The first-order chi connectivity index (χ1) is 18.2. The third-order valence-corrected chi connectivity index (χ3v) is 6.98. The van der Waals surface area contributed by atoms with Gasteiger partial charge < -0.3 is 9.47 Å². The van der Waals surface area contributed by atoms with Crippen LogP contribution in [0.3, 0.4) is 0 Å². The van der Waals surface area contributed by atoms with Crippen molar-refractivity contribution in [3.63, 3.8) is 0 Å². The number of non-ortho nitro benzene ring substituents is 2. The number of carbonyl (C=O) groups excluding carboxylic acids is 1. The highest BCUT2D eigenvalue weighted by Gasteiger charge is 2.14. The molecule has 0 bridgehead atoms. The van der Waals surface area contributed by atoms with Gasteiger partial charge in [-0.05, 0) is 52.7 Å². The zero-order valence-electron chi connectivity index (χ0n) is 19.8. The third-order valence-electron chi connectivity index (χ3n) is 5.18. The van der Waals surface area contributed by atoms with Gasteiger partial charge in [0.1, 0.15) is 6.61 Å². The average Bonchev–Trinajstić information content (AvgIpc) is 3.33. The number of nitrogens with one attached hydrogen (secondary N) is 1. The van der Waals surface area contributed by atoms with Crippen LogP contribution in [0.4, 0.5) is 11.4 Å². The fourth-order valence-corrected chi connectivity index (χ4v) is 4.78. The van der Waals surface area contributed by atoms with Crippen molar-refractivity contribution >= 4 is 60.8 Å². The van der Waals surface area contributed by atoms with E-state index in [4.69, 9.17) is 9.47 Å². The molecule has 0 saturated carbocycles. The minimum Gasteiger partial charge on any atom is -0.490 e. The molecule has 38 heavy (non-hydrogen) atoms. The summed E-state index contributed by atoms with van der Waals surface area (Å²) in [7, 11) is 0. The molecule has 4 rings (SSSR count). The zero-order chi connectivity index (χ0) is 27.2. The Hall–Kier alpha value is -4.36. The van der Waals surface area contributed by atoms with Crippen LogP contribution in [0.5, 0.6) is 11.5 Å². The monoisotopic (exact) mass is 598 g/mol. The highest BCUT2D eigenvalue weighted by Crippen LogP contribution is 2.34. The molecule has 0 unspecified atom stereocenters. The SMILES string of the molecule is CCOc1cc(/C=N\NC(=O)c2cc3cc([N+](=O)[O-])ccc3s2)c(Br)cc1OCc1cccc([N+](=O)[O-])c1. The number of benzene rings is 3. The molecule has 4 aromatic rings. The largest absolute Gasteiger partial charge is 0.490 e. The average molecular weight is 599 g/mol. The molecule has 0 atom stereocenters.